The van der Waals surface area contributed by atoms with Crippen molar-refractivity contribution in [3.8, 4) is 0 Å². The van der Waals surface area contributed by atoms with Gasteiger partial charge in [0.2, 0.25) is 22.1 Å². The van der Waals surface area contributed by atoms with Crippen LogP contribution in [0.1, 0.15) is 82.1 Å². The molecule has 270 valence electrons. The van der Waals surface area contributed by atoms with Crippen LogP contribution in [0.4, 0.5) is 0 Å². The number of hydrogen-bond acceptors (Lipinski definition) is 9. The largest absolute Gasteiger partial charge is 0.458 e. The molecule has 1 N–H and O–H groups in total. The van der Waals surface area contributed by atoms with Gasteiger partial charge in [-0.3, -0.25) is 14.4 Å². The second kappa shape index (κ2) is 16.5. The van der Waals surface area contributed by atoms with Crippen LogP contribution >= 0.6 is 11.3 Å². The van der Waals surface area contributed by atoms with Crippen molar-refractivity contribution in [3.05, 3.63) is 24.3 Å². The van der Waals surface area contributed by atoms with E-state index in [0.29, 0.717) is 16.6 Å². The number of amides is 3. The second-order valence-electron chi connectivity index (χ2n) is 14.7. The van der Waals surface area contributed by atoms with Crippen molar-refractivity contribution in [3.63, 3.8) is 0 Å². The lowest BCUT2D eigenvalue weighted by Gasteiger charge is -2.39. The number of carbonyl (C=O) groups is 4. The number of fused-ring (bicyclic) bond motifs is 1. The van der Waals surface area contributed by atoms with Gasteiger partial charge in [-0.1, -0.05) is 53.7 Å². The standard InChI is InChI=1S/C34H55N5O7S2/c1-20(2)18-25(37(11)29(40)23(7)36-48(44,45)33-35-24-16-14-15-17-27(24)47-33)30(41)38(12)26(19-21(3)4)31(42)39(13)28(22(5)6)32(43)46-34(8,9)10/h14-17,20-23,25-26,28,36H,18-19H2,1-13H3/t23-,25+,26+,28+/m1/s1. The van der Waals surface area contributed by atoms with Crippen molar-refractivity contribution in [1.29, 1.82) is 0 Å². The Labute approximate surface area is 290 Å². The zero-order chi connectivity index (χ0) is 36.9. The summed E-state index contributed by atoms with van der Waals surface area (Å²) in [6.45, 7) is 18.1. The molecule has 3 amide bonds. The number of benzene rings is 1. The minimum Gasteiger partial charge on any atom is -0.458 e. The Bertz CT molecular complexity index is 1520. The predicted octanol–water partition coefficient (Wildman–Crippen LogP) is 4.53. The molecule has 4 atom stereocenters. The molecule has 1 heterocycles. The number of likely N-dealkylation sites (N-methyl/N-ethyl adjacent to an activating group) is 3. The molecular weight excluding hydrogens is 655 g/mol. The fourth-order valence-electron chi connectivity index (χ4n) is 5.50. The molecular formula is C34H55N5O7S2. The van der Waals surface area contributed by atoms with Gasteiger partial charge in [0.25, 0.3) is 10.0 Å². The molecule has 0 aliphatic carbocycles. The number of ether oxygens (including phenoxy) is 1. The van der Waals surface area contributed by atoms with E-state index in [1.807, 2.05) is 41.5 Å². The molecule has 0 fully saturated rings. The molecule has 0 bridgehead atoms. The Hall–Kier alpha value is -3.10. The fourth-order valence-corrected chi connectivity index (χ4v) is 7.94. The number of sulfonamides is 1. The molecule has 1 aromatic heterocycles. The molecule has 48 heavy (non-hydrogen) atoms. The summed E-state index contributed by atoms with van der Waals surface area (Å²) in [6.07, 6.45) is 0.586. The van der Waals surface area contributed by atoms with E-state index in [1.54, 1.807) is 52.1 Å². The molecule has 0 spiro atoms. The molecule has 0 aliphatic rings. The van der Waals surface area contributed by atoms with Crippen LogP contribution in [0.3, 0.4) is 0 Å². The quantitative estimate of drug-likeness (QED) is 0.266. The number of esters is 1. The third-order valence-electron chi connectivity index (χ3n) is 7.84. The molecule has 2 rings (SSSR count). The lowest BCUT2D eigenvalue weighted by atomic mass is 9.96. The molecule has 14 heteroatoms. The Kier molecular flexibility index (Phi) is 14.1. The summed E-state index contributed by atoms with van der Waals surface area (Å²) in [6, 6.07) is 3.02. The van der Waals surface area contributed by atoms with Crippen LogP contribution in [-0.2, 0) is 33.9 Å². The van der Waals surface area contributed by atoms with Crippen molar-refractivity contribution in [1.82, 2.24) is 24.4 Å². The molecule has 2 aromatic rings. The minimum atomic E-state index is -4.14. The van der Waals surface area contributed by atoms with Crippen LogP contribution in [-0.4, -0.2) is 103 Å². The highest BCUT2D eigenvalue weighted by molar-refractivity contribution is 7.91. The second-order valence-corrected chi connectivity index (χ2v) is 17.6. The highest BCUT2D eigenvalue weighted by atomic mass is 32.2. The molecule has 1 aromatic carbocycles. The maximum atomic E-state index is 14.3. The SMILES string of the molecule is CC(C)C[C@@H](C(=O)N(C)[C@@H](CC(C)C)C(=O)N(C)[C@H](C(=O)OC(C)(C)C)C(C)C)N(C)C(=O)[C@@H](C)NS(=O)(=O)c1nc2ccccc2s1. The maximum Gasteiger partial charge on any atom is 0.329 e. The first kappa shape index (κ1) is 41.1. The monoisotopic (exact) mass is 709 g/mol. The van der Waals surface area contributed by atoms with Gasteiger partial charge in [-0.05, 0) is 70.4 Å². The van der Waals surface area contributed by atoms with Crippen molar-refractivity contribution < 1.29 is 32.3 Å². The van der Waals surface area contributed by atoms with Gasteiger partial charge in [-0.15, -0.1) is 11.3 Å². The summed E-state index contributed by atoms with van der Waals surface area (Å²) < 4.78 is 35.0. The minimum absolute atomic E-state index is 0.0153. The van der Waals surface area contributed by atoms with Crippen LogP contribution in [0.25, 0.3) is 10.2 Å². The molecule has 0 radical (unpaired) electrons. The van der Waals surface area contributed by atoms with E-state index in [1.165, 1.54) is 35.7 Å². The zero-order valence-corrected chi connectivity index (χ0v) is 32.4. The van der Waals surface area contributed by atoms with Crippen molar-refractivity contribution >= 4 is 55.3 Å². The van der Waals surface area contributed by atoms with E-state index in [2.05, 4.69) is 9.71 Å². The zero-order valence-electron chi connectivity index (χ0n) is 30.7. The third kappa shape index (κ3) is 10.7. The average molecular weight is 710 g/mol. The first-order chi connectivity index (χ1) is 22.0. The number of nitrogens with one attached hydrogen (secondary N) is 1. The predicted molar refractivity (Wildman–Crippen MR) is 189 cm³/mol. The van der Waals surface area contributed by atoms with Crippen LogP contribution in [0.15, 0.2) is 28.6 Å². The molecule has 0 saturated carbocycles. The topological polar surface area (TPSA) is 146 Å². The van der Waals surface area contributed by atoms with Gasteiger partial charge in [-0.25, -0.2) is 18.2 Å². The summed E-state index contributed by atoms with van der Waals surface area (Å²) in [5.74, 6) is -2.29. The van der Waals surface area contributed by atoms with Crippen molar-refractivity contribution in [2.24, 2.45) is 17.8 Å². The fraction of sp³-hybridized carbons (Fsp3) is 0.676. The first-order valence-electron chi connectivity index (χ1n) is 16.4. The lowest BCUT2D eigenvalue weighted by Crippen LogP contribution is -2.59. The lowest BCUT2D eigenvalue weighted by molar-refractivity contribution is -0.167. The summed E-state index contributed by atoms with van der Waals surface area (Å²) in [5.41, 5.74) is -0.217. The van der Waals surface area contributed by atoms with Gasteiger partial charge in [0.15, 0.2) is 0 Å². The van der Waals surface area contributed by atoms with E-state index >= 15 is 0 Å². The molecule has 0 unspecified atom stereocenters. The smallest absolute Gasteiger partial charge is 0.329 e. The Morgan fingerprint density at radius 1 is 0.812 bits per heavy atom. The summed E-state index contributed by atoms with van der Waals surface area (Å²) in [4.78, 5) is 63.4. The van der Waals surface area contributed by atoms with E-state index in [0.717, 1.165) is 11.3 Å². The van der Waals surface area contributed by atoms with E-state index in [9.17, 15) is 27.6 Å². The first-order valence-corrected chi connectivity index (χ1v) is 18.7. The highest BCUT2D eigenvalue weighted by Gasteiger charge is 2.41. The summed E-state index contributed by atoms with van der Waals surface area (Å²) in [7, 11) is 0.401. The number of rotatable bonds is 15. The number of aromatic nitrogens is 1. The number of thiazole rings is 1. The Morgan fingerprint density at radius 2 is 1.29 bits per heavy atom. The van der Waals surface area contributed by atoms with Crippen LogP contribution in [0.2, 0.25) is 0 Å². The van der Waals surface area contributed by atoms with Gasteiger partial charge in [0.05, 0.1) is 16.3 Å². The van der Waals surface area contributed by atoms with Crippen LogP contribution in [0.5, 0.6) is 0 Å². The number of hydrogen-bond donors (Lipinski definition) is 1. The molecule has 0 aliphatic heterocycles. The highest BCUT2D eigenvalue weighted by Crippen LogP contribution is 2.26. The molecule has 12 nitrogen and oxygen atoms in total. The normalized spacial score (nSPS) is 14.9. The summed E-state index contributed by atoms with van der Waals surface area (Å²) >= 11 is 0.998. The average Bonchev–Trinajstić information content (AvgIpc) is 3.41. The van der Waals surface area contributed by atoms with Crippen LogP contribution < -0.4 is 4.72 Å². The Balaban J connectivity index is 2.37. The van der Waals surface area contributed by atoms with Gasteiger partial charge in [-0.2, -0.15) is 4.72 Å². The van der Waals surface area contributed by atoms with E-state index in [4.69, 9.17) is 4.74 Å². The van der Waals surface area contributed by atoms with Gasteiger partial charge < -0.3 is 19.4 Å². The summed E-state index contributed by atoms with van der Waals surface area (Å²) in [5, 5.41) is 0. The maximum absolute atomic E-state index is 14.3. The molecule has 0 saturated heterocycles. The van der Waals surface area contributed by atoms with Crippen molar-refractivity contribution in [2.75, 3.05) is 21.1 Å². The van der Waals surface area contributed by atoms with E-state index in [-0.39, 0.29) is 28.5 Å². The third-order valence-corrected chi connectivity index (χ3v) is 10.8. The number of para-hydroxylation sites is 1. The van der Waals surface area contributed by atoms with Gasteiger partial charge in [0, 0.05) is 21.1 Å². The van der Waals surface area contributed by atoms with Crippen LogP contribution in [0, 0.1) is 17.8 Å². The van der Waals surface area contributed by atoms with Gasteiger partial charge in [0.1, 0.15) is 23.7 Å². The van der Waals surface area contributed by atoms with Gasteiger partial charge >= 0.3 is 5.97 Å². The number of nitrogens with zero attached hydrogens (tertiary/aromatic N) is 4. The number of carbonyl (C=O) groups excluding carboxylic acids is 4. The van der Waals surface area contributed by atoms with Crippen molar-refractivity contribution in [2.45, 2.75) is 116 Å². The Morgan fingerprint density at radius 3 is 1.75 bits per heavy atom. The van der Waals surface area contributed by atoms with E-state index < -0.39 is 63.5 Å².